The van der Waals surface area contributed by atoms with Crippen molar-refractivity contribution in [3.63, 3.8) is 0 Å². The van der Waals surface area contributed by atoms with Gasteiger partial charge in [0.05, 0.1) is 18.2 Å². The van der Waals surface area contributed by atoms with Crippen LogP contribution in [0.15, 0.2) is 72.8 Å². The van der Waals surface area contributed by atoms with Crippen LogP contribution in [0, 0.1) is 0 Å². The van der Waals surface area contributed by atoms with E-state index in [1.807, 2.05) is 81.4 Å². The number of ether oxygens (including phenoxy) is 2. The van der Waals surface area contributed by atoms with Crippen molar-refractivity contribution in [3.05, 3.63) is 117 Å². The first-order valence-corrected chi connectivity index (χ1v) is 19.9. The summed E-state index contributed by atoms with van der Waals surface area (Å²) >= 11 is 1.51. The summed E-state index contributed by atoms with van der Waals surface area (Å²) in [5.74, 6) is -0.980. The fourth-order valence-electron chi connectivity index (χ4n) is 6.93. The maximum absolute atomic E-state index is 13.9. The molecule has 0 saturated heterocycles. The van der Waals surface area contributed by atoms with Gasteiger partial charge in [-0.25, -0.2) is 4.79 Å². The van der Waals surface area contributed by atoms with Crippen molar-refractivity contribution in [1.29, 1.82) is 0 Å². The van der Waals surface area contributed by atoms with Crippen LogP contribution in [-0.2, 0) is 46.5 Å². The lowest BCUT2D eigenvalue weighted by molar-refractivity contribution is -0.155. The van der Waals surface area contributed by atoms with Crippen LogP contribution in [0.4, 0.5) is 10.7 Å². The third-order valence-corrected chi connectivity index (χ3v) is 11.0. The van der Waals surface area contributed by atoms with E-state index >= 15 is 0 Å². The van der Waals surface area contributed by atoms with E-state index in [-0.39, 0.29) is 23.8 Å². The average molecular weight is 750 g/mol. The third kappa shape index (κ3) is 10.7. The molecule has 2 aliphatic rings. The molecule has 2 aliphatic carbocycles. The van der Waals surface area contributed by atoms with Crippen molar-refractivity contribution >= 4 is 45.8 Å². The molecular formula is C44H51N3O6S. The van der Waals surface area contributed by atoms with Gasteiger partial charge in [0, 0.05) is 35.1 Å². The van der Waals surface area contributed by atoms with Crippen LogP contribution in [0.1, 0.15) is 118 Å². The van der Waals surface area contributed by atoms with E-state index in [1.165, 1.54) is 18.4 Å². The van der Waals surface area contributed by atoms with E-state index in [0.29, 0.717) is 46.4 Å². The van der Waals surface area contributed by atoms with Crippen LogP contribution in [0.2, 0.25) is 0 Å². The van der Waals surface area contributed by atoms with Crippen molar-refractivity contribution in [2.24, 2.45) is 0 Å². The zero-order valence-corrected chi connectivity index (χ0v) is 32.6. The molecule has 1 saturated carbocycles. The number of hydrogen-bond acceptors (Lipinski definition) is 8. The minimum absolute atomic E-state index is 0.174. The molecule has 3 aromatic carbocycles. The number of benzene rings is 3. The highest BCUT2D eigenvalue weighted by Crippen LogP contribution is 2.39. The van der Waals surface area contributed by atoms with E-state index in [2.05, 4.69) is 15.5 Å². The molecule has 1 heterocycles. The molecule has 10 heteroatoms. The summed E-state index contributed by atoms with van der Waals surface area (Å²) in [6.45, 7) is 7.14. The number of nitrogens with one attached hydrogen (secondary N) is 2. The molecule has 0 bridgehead atoms. The van der Waals surface area contributed by atoms with Crippen LogP contribution in [-0.4, -0.2) is 54.0 Å². The highest BCUT2D eigenvalue weighted by Gasteiger charge is 2.30. The smallest absolute Gasteiger partial charge is 0.337 e. The van der Waals surface area contributed by atoms with E-state index in [9.17, 15) is 19.2 Å². The molecule has 0 spiro atoms. The van der Waals surface area contributed by atoms with Gasteiger partial charge in [-0.05, 0) is 144 Å². The summed E-state index contributed by atoms with van der Waals surface area (Å²) in [7, 11) is 1.37. The second kappa shape index (κ2) is 17.6. The summed E-state index contributed by atoms with van der Waals surface area (Å²) in [4.78, 5) is 55.2. The largest absolute Gasteiger partial charge is 0.465 e. The van der Waals surface area contributed by atoms with Gasteiger partial charge in [0.25, 0.3) is 11.8 Å². The standard InChI is InChI=1S/C44H51N3O6S/c1-44(2,3)53-38(48)13-8-26-47(35-24-25-35)28-31-9-7-10-33(27-31)40(49)46-42-39(36-11-5-6-12-37(36)54-42)41(50)45-34-22-18-30(19-23-34)15-14-29-16-20-32(21-17-29)43(51)52-4/h7,9-10,16-23,27,35H,5-6,8,11-15,24-26,28H2,1-4H3,(H,45,50)(H,46,49). The van der Waals surface area contributed by atoms with E-state index in [1.54, 1.807) is 12.1 Å². The van der Waals surface area contributed by atoms with Crippen LogP contribution < -0.4 is 10.6 Å². The lowest BCUT2D eigenvalue weighted by Crippen LogP contribution is -2.28. The second-order valence-corrected chi connectivity index (χ2v) is 16.4. The van der Waals surface area contributed by atoms with Crippen molar-refractivity contribution in [3.8, 4) is 0 Å². The molecule has 1 aromatic heterocycles. The second-order valence-electron chi connectivity index (χ2n) is 15.3. The normalized spacial score (nSPS) is 13.9. The Bertz CT molecular complexity index is 1960. The number of amides is 2. The quantitative estimate of drug-likeness (QED) is 0.117. The molecule has 0 atom stereocenters. The van der Waals surface area contributed by atoms with E-state index < -0.39 is 5.60 Å². The van der Waals surface area contributed by atoms with Gasteiger partial charge in [-0.1, -0.05) is 36.4 Å². The SMILES string of the molecule is COC(=O)c1ccc(CCc2ccc(NC(=O)c3c(NC(=O)c4cccc(CN(CCCC(=O)OC(C)(C)C)C5CC5)c4)sc4c3CCCC4)cc2)cc1. The molecule has 0 aliphatic heterocycles. The van der Waals surface area contributed by atoms with Gasteiger partial charge >= 0.3 is 11.9 Å². The Balaban J connectivity index is 1.08. The predicted molar refractivity (Wildman–Crippen MR) is 213 cm³/mol. The first kappa shape index (κ1) is 38.9. The maximum atomic E-state index is 13.9. The van der Waals surface area contributed by atoms with Crippen LogP contribution in [0.25, 0.3) is 0 Å². The number of carbonyl (C=O) groups excluding carboxylic acids is 4. The van der Waals surface area contributed by atoms with Gasteiger partial charge in [0.15, 0.2) is 0 Å². The minimum Gasteiger partial charge on any atom is -0.465 e. The highest BCUT2D eigenvalue weighted by atomic mass is 32.1. The van der Waals surface area contributed by atoms with Gasteiger partial charge in [-0.3, -0.25) is 19.3 Å². The van der Waals surface area contributed by atoms with Gasteiger partial charge in [-0.2, -0.15) is 0 Å². The van der Waals surface area contributed by atoms with E-state index in [4.69, 9.17) is 9.47 Å². The van der Waals surface area contributed by atoms with Crippen molar-refractivity contribution in [1.82, 2.24) is 4.90 Å². The van der Waals surface area contributed by atoms with Crippen molar-refractivity contribution < 1.29 is 28.7 Å². The van der Waals surface area contributed by atoms with Crippen LogP contribution in [0.3, 0.4) is 0 Å². The average Bonchev–Trinajstić information content (AvgIpc) is 3.94. The summed E-state index contributed by atoms with van der Waals surface area (Å²) < 4.78 is 10.3. The zero-order valence-electron chi connectivity index (χ0n) is 31.8. The number of anilines is 2. The summed E-state index contributed by atoms with van der Waals surface area (Å²) in [6, 6.07) is 23.5. The van der Waals surface area contributed by atoms with Crippen molar-refractivity contribution in [2.45, 2.75) is 103 Å². The molecule has 1 fully saturated rings. The molecule has 284 valence electrons. The molecule has 6 rings (SSSR count). The molecule has 4 aromatic rings. The minimum atomic E-state index is -0.486. The van der Waals surface area contributed by atoms with Gasteiger partial charge in [0.1, 0.15) is 10.6 Å². The fourth-order valence-corrected chi connectivity index (χ4v) is 8.21. The van der Waals surface area contributed by atoms with Crippen LogP contribution in [0.5, 0.6) is 0 Å². The Morgan fingerprint density at radius 3 is 2.17 bits per heavy atom. The molecule has 9 nitrogen and oxygen atoms in total. The number of hydrogen-bond donors (Lipinski definition) is 2. The topological polar surface area (TPSA) is 114 Å². The number of methoxy groups -OCH3 is 1. The Labute approximate surface area is 322 Å². The first-order chi connectivity index (χ1) is 26.0. The van der Waals surface area contributed by atoms with E-state index in [0.717, 1.165) is 91.5 Å². The van der Waals surface area contributed by atoms with Crippen LogP contribution >= 0.6 is 11.3 Å². The molecular weight excluding hydrogens is 699 g/mol. The maximum Gasteiger partial charge on any atom is 0.337 e. The molecule has 54 heavy (non-hydrogen) atoms. The monoisotopic (exact) mass is 749 g/mol. The third-order valence-electron chi connectivity index (χ3n) is 9.80. The Morgan fingerprint density at radius 2 is 1.50 bits per heavy atom. The lowest BCUT2D eigenvalue weighted by Gasteiger charge is -2.23. The fraction of sp³-hybridized carbons (Fsp3) is 0.409. The highest BCUT2D eigenvalue weighted by molar-refractivity contribution is 7.17. The number of thiophene rings is 1. The van der Waals surface area contributed by atoms with Gasteiger partial charge in [0.2, 0.25) is 0 Å². The molecule has 2 amide bonds. The lowest BCUT2D eigenvalue weighted by atomic mass is 9.95. The number of carbonyl (C=O) groups is 4. The predicted octanol–water partition coefficient (Wildman–Crippen LogP) is 8.79. The Hall–Kier alpha value is -4.80. The molecule has 0 radical (unpaired) electrons. The number of rotatable bonds is 15. The zero-order chi connectivity index (χ0) is 38.2. The Kier molecular flexibility index (Phi) is 12.7. The van der Waals surface area contributed by atoms with Gasteiger partial charge in [-0.15, -0.1) is 11.3 Å². The summed E-state index contributed by atoms with van der Waals surface area (Å²) in [5, 5.41) is 6.79. The summed E-state index contributed by atoms with van der Waals surface area (Å²) in [6.07, 6.45) is 8.79. The first-order valence-electron chi connectivity index (χ1n) is 19.0. The van der Waals surface area contributed by atoms with Crippen molar-refractivity contribution in [2.75, 3.05) is 24.3 Å². The van der Waals surface area contributed by atoms with Gasteiger partial charge < -0.3 is 20.1 Å². The number of fused-ring (bicyclic) bond motifs is 1. The molecule has 2 N–H and O–H groups in total. The Morgan fingerprint density at radius 1 is 0.815 bits per heavy atom. The number of nitrogens with zero attached hydrogens (tertiary/aromatic N) is 1. The number of esters is 2. The molecule has 0 unspecified atom stereocenters. The summed E-state index contributed by atoms with van der Waals surface area (Å²) in [5.41, 5.74) is 6.17. The number of aryl methyl sites for hydroxylation is 3.